The summed E-state index contributed by atoms with van der Waals surface area (Å²) >= 11 is 0. The lowest BCUT2D eigenvalue weighted by Gasteiger charge is -2.18. The van der Waals surface area contributed by atoms with E-state index in [9.17, 15) is 0 Å². The lowest BCUT2D eigenvalue weighted by atomic mass is 10.3. The lowest BCUT2D eigenvalue weighted by Crippen LogP contribution is -2.26. The molecule has 15 heavy (non-hydrogen) atoms. The molecule has 0 radical (unpaired) electrons. The predicted octanol–water partition coefficient (Wildman–Crippen LogP) is 0.886. The molecule has 1 saturated heterocycles. The average molecular weight is 207 g/mol. The number of rotatable bonds is 2. The van der Waals surface area contributed by atoms with Gasteiger partial charge in [0.05, 0.1) is 24.2 Å². The van der Waals surface area contributed by atoms with E-state index >= 15 is 0 Å². The maximum absolute atomic E-state index is 5.59. The quantitative estimate of drug-likeness (QED) is 0.782. The van der Waals surface area contributed by atoms with Crippen molar-refractivity contribution >= 4 is 5.69 Å². The van der Waals surface area contributed by atoms with Gasteiger partial charge in [-0.3, -0.25) is 9.88 Å². The van der Waals surface area contributed by atoms with Crippen LogP contribution >= 0.6 is 0 Å². The van der Waals surface area contributed by atoms with Gasteiger partial charge in [-0.2, -0.15) is 0 Å². The van der Waals surface area contributed by atoms with Gasteiger partial charge in [0.1, 0.15) is 0 Å². The zero-order valence-electron chi connectivity index (χ0n) is 8.85. The number of hydrogen-bond donors (Lipinski definition) is 1. The lowest BCUT2D eigenvalue weighted by molar-refractivity contribution is 0.140. The first-order chi connectivity index (χ1) is 7.34. The highest BCUT2D eigenvalue weighted by Crippen LogP contribution is 2.07. The molecule has 82 valence electrons. The van der Waals surface area contributed by atoms with Crippen molar-refractivity contribution in [1.29, 1.82) is 0 Å². The number of anilines is 1. The molecule has 0 spiro atoms. The molecule has 0 unspecified atom stereocenters. The topological polar surface area (TPSA) is 51.4 Å². The third kappa shape index (κ3) is 3.18. The van der Waals surface area contributed by atoms with Gasteiger partial charge >= 0.3 is 0 Å². The van der Waals surface area contributed by atoms with E-state index in [-0.39, 0.29) is 0 Å². The van der Waals surface area contributed by atoms with Crippen molar-refractivity contribution < 1.29 is 4.74 Å². The van der Waals surface area contributed by atoms with Crippen LogP contribution in [0.25, 0.3) is 0 Å². The molecule has 0 aliphatic carbocycles. The molecule has 2 N–H and O–H groups in total. The number of pyridine rings is 1. The molecule has 2 rings (SSSR count). The number of ether oxygens (including phenoxy) is 1. The maximum Gasteiger partial charge on any atom is 0.0593 e. The molecule has 1 aromatic rings. The molecule has 0 atom stereocenters. The van der Waals surface area contributed by atoms with E-state index in [0.717, 1.165) is 50.7 Å². The smallest absolute Gasteiger partial charge is 0.0593 e. The zero-order valence-corrected chi connectivity index (χ0v) is 8.85. The van der Waals surface area contributed by atoms with Crippen LogP contribution in [-0.4, -0.2) is 36.2 Å². The van der Waals surface area contributed by atoms with Crippen molar-refractivity contribution in [1.82, 2.24) is 9.88 Å². The van der Waals surface area contributed by atoms with Gasteiger partial charge in [0.15, 0.2) is 0 Å². The van der Waals surface area contributed by atoms with Crippen molar-refractivity contribution in [2.45, 2.75) is 13.0 Å². The van der Waals surface area contributed by atoms with Gasteiger partial charge in [0, 0.05) is 26.2 Å². The number of nitrogen functional groups attached to an aromatic ring is 1. The third-order valence-corrected chi connectivity index (χ3v) is 2.55. The Labute approximate surface area is 90.0 Å². The standard InChI is InChI=1S/C11H17N3O/c12-10-2-3-11(13-8-10)9-14-4-1-6-15-7-5-14/h2-3,8H,1,4-7,9,12H2. The Morgan fingerprint density at radius 3 is 3.07 bits per heavy atom. The van der Waals surface area contributed by atoms with Crippen LogP contribution < -0.4 is 5.73 Å². The third-order valence-electron chi connectivity index (χ3n) is 2.55. The monoisotopic (exact) mass is 207 g/mol. The fourth-order valence-electron chi connectivity index (χ4n) is 1.71. The van der Waals surface area contributed by atoms with Gasteiger partial charge in [-0.25, -0.2) is 0 Å². The highest BCUT2D eigenvalue weighted by molar-refractivity contribution is 5.34. The second kappa shape index (κ2) is 5.09. The summed E-state index contributed by atoms with van der Waals surface area (Å²) in [4.78, 5) is 6.66. The minimum Gasteiger partial charge on any atom is -0.397 e. The molecular formula is C11H17N3O. The minimum atomic E-state index is 0.720. The summed E-state index contributed by atoms with van der Waals surface area (Å²) in [6.07, 6.45) is 2.82. The Kier molecular flexibility index (Phi) is 3.53. The molecule has 0 amide bonds. The normalized spacial score (nSPS) is 18.7. The van der Waals surface area contributed by atoms with Gasteiger partial charge < -0.3 is 10.5 Å². The van der Waals surface area contributed by atoms with E-state index in [1.54, 1.807) is 6.20 Å². The van der Waals surface area contributed by atoms with Crippen LogP contribution in [0.15, 0.2) is 18.3 Å². The average Bonchev–Trinajstić information content (AvgIpc) is 2.50. The van der Waals surface area contributed by atoms with Crippen molar-refractivity contribution in [3.05, 3.63) is 24.0 Å². The van der Waals surface area contributed by atoms with Crippen molar-refractivity contribution in [2.24, 2.45) is 0 Å². The van der Waals surface area contributed by atoms with Crippen LogP contribution in [0.1, 0.15) is 12.1 Å². The molecule has 0 aromatic carbocycles. The molecule has 0 saturated carbocycles. The Morgan fingerprint density at radius 1 is 1.33 bits per heavy atom. The summed E-state index contributed by atoms with van der Waals surface area (Å²) in [5.74, 6) is 0. The first kappa shape index (κ1) is 10.4. The van der Waals surface area contributed by atoms with Gasteiger partial charge in [-0.05, 0) is 18.6 Å². The highest BCUT2D eigenvalue weighted by atomic mass is 16.5. The number of nitrogens with two attached hydrogens (primary N) is 1. The van der Waals surface area contributed by atoms with Crippen molar-refractivity contribution in [2.75, 3.05) is 32.0 Å². The van der Waals surface area contributed by atoms with E-state index < -0.39 is 0 Å². The van der Waals surface area contributed by atoms with Gasteiger partial charge in [0.2, 0.25) is 0 Å². The Hall–Kier alpha value is -1.13. The van der Waals surface area contributed by atoms with Crippen LogP contribution in [0.5, 0.6) is 0 Å². The maximum atomic E-state index is 5.59. The summed E-state index contributed by atoms with van der Waals surface area (Å²) in [6.45, 7) is 4.68. The van der Waals surface area contributed by atoms with Crippen LogP contribution in [0.4, 0.5) is 5.69 Å². The van der Waals surface area contributed by atoms with Gasteiger partial charge in [-0.15, -0.1) is 0 Å². The van der Waals surface area contributed by atoms with Gasteiger partial charge in [0.25, 0.3) is 0 Å². The van der Waals surface area contributed by atoms with E-state index in [0.29, 0.717) is 0 Å². The molecule has 4 heteroatoms. The molecule has 1 aromatic heterocycles. The number of aromatic nitrogens is 1. The number of hydrogen-bond acceptors (Lipinski definition) is 4. The van der Waals surface area contributed by atoms with Crippen molar-refractivity contribution in [3.8, 4) is 0 Å². The van der Waals surface area contributed by atoms with Crippen LogP contribution in [0.3, 0.4) is 0 Å². The van der Waals surface area contributed by atoms with Crippen LogP contribution in [0, 0.1) is 0 Å². The zero-order chi connectivity index (χ0) is 10.5. The molecule has 2 heterocycles. The fraction of sp³-hybridized carbons (Fsp3) is 0.545. The molecular weight excluding hydrogens is 190 g/mol. The summed E-state index contributed by atoms with van der Waals surface area (Å²) in [5.41, 5.74) is 7.38. The largest absolute Gasteiger partial charge is 0.397 e. The van der Waals surface area contributed by atoms with Crippen LogP contribution in [-0.2, 0) is 11.3 Å². The van der Waals surface area contributed by atoms with E-state index in [4.69, 9.17) is 10.5 Å². The SMILES string of the molecule is Nc1ccc(CN2CCCOCC2)nc1. The van der Waals surface area contributed by atoms with E-state index in [1.165, 1.54) is 0 Å². The molecule has 1 aliphatic rings. The summed E-state index contributed by atoms with van der Waals surface area (Å²) in [6, 6.07) is 3.89. The summed E-state index contributed by atoms with van der Waals surface area (Å²) in [7, 11) is 0. The predicted molar refractivity (Wildman–Crippen MR) is 59.4 cm³/mol. The van der Waals surface area contributed by atoms with E-state index in [1.807, 2.05) is 12.1 Å². The van der Waals surface area contributed by atoms with Crippen molar-refractivity contribution in [3.63, 3.8) is 0 Å². The van der Waals surface area contributed by atoms with Gasteiger partial charge in [-0.1, -0.05) is 0 Å². The first-order valence-electron chi connectivity index (χ1n) is 5.35. The first-order valence-corrected chi connectivity index (χ1v) is 5.35. The van der Waals surface area contributed by atoms with Crippen LogP contribution in [0.2, 0.25) is 0 Å². The number of nitrogens with zero attached hydrogens (tertiary/aromatic N) is 2. The Balaban J connectivity index is 1.92. The second-order valence-corrected chi connectivity index (χ2v) is 3.82. The minimum absolute atomic E-state index is 0.720. The Bertz CT molecular complexity index is 291. The van der Waals surface area contributed by atoms with E-state index in [2.05, 4.69) is 9.88 Å². The summed E-state index contributed by atoms with van der Waals surface area (Å²) < 4.78 is 5.40. The molecule has 0 bridgehead atoms. The molecule has 1 aliphatic heterocycles. The summed E-state index contributed by atoms with van der Waals surface area (Å²) in [5, 5.41) is 0. The molecule has 1 fully saturated rings. The fourth-order valence-corrected chi connectivity index (χ4v) is 1.71. The second-order valence-electron chi connectivity index (χ2n) is 3.82. The molecule has 4 nitrogen and oxygen atoms in total. The highest BCUT2D eigenvalue weighted by Gasteiger charge is 2.09. The Morgan fingerprint density at radius 2 is 2.27 bits per heavy atom.